The Kier molecular flexibility index (Phi) is 6.59. The zero-order valence-corrected chi connectivity index (χ0v) is 18.1. The number of amides is 1. The Morgan fingerprint density at radius 3 is 2.43 bits per heavy atom. The first-order valence-electron chi connectivity index (χ1n) is 10.5. The molecule has 0 spiro atoms. The van der Waals surface area contributed by atoms with E-state index in [1.54, 1.807) is 12.1 Å². The lowest BCUT2D eigenvalue weighted by molar-refractivity contribution is -0.121. The zero-order valence-electron chi connectivity index (χ0n) is 18.1. The molecule has 1 aliphatic carbocycles. The van der Waals surface area contributed by atoms with Crippen molar-refractivity contribution in [3.63, 3.8) is 0 Å². The molecule has 2 aromatic carbocycles. The van der Waals surface area contributed by atoms with Crippen molar-refractivity contribution in [2.24, 2.45) is 5.92 Å². The lowest BCUT2D eigenvalue weighted by Gasteiger charge is -2.26. The molecule has 4 nitrogen and oxygen atoms in total. The maximum Gasteiger partial charge on any atom is 0.408 e. The van der Waals surface area contributed by atoms with Gasteiger partial charge in [-0.25, -0.2) is 9.18 Å². The fourth-order valence-corrected chi connectivity index (χ4v) is 4.24. The summed E-state index contributed by atoms with van der Waals surface area (Å²) in [6.07, 6.45) is 1.23. The van der Waals surface area contributed by atoms with Gasteiger partial charge in [-0.2, -0.15) is 0 Å². The standard InChI is InChI=1S/C25H30FNO3/c1-5-20(16-10-12-19(26)13-11-16)22(28)15-18-14-17-8-6-7-9-21(17)23(18)27-24(29)30-25(2,3)4/h6-13,18,20,23H,5,14-15H2,1-4H3,(H,27,29)/t18-,20+,23-/m1/s1. The van der Waals surface area contributed by atoms with Crippen molar-refractivity contribution in [3.05, 3.63) is 71.0 Å². The molecule has 0 heterocycles. The number of ether oxygens (including phenoxy) is 1. The summed E-state index contributed by atoms with van der Waals surface area (Å²) in [5.41, 5.74) is 2.42. The first-order valence-corrected chi connectivity index (χ1v) is 10.5. The van der Waals surface area contributed by atoms with Crippen LogP contribution in [-0.2, 0) is 16.0 Å². The van der Waals surface area contributed by atoms with E-state index in [4.69, 9.17) is 4.74 Å². The van der Waals surface area contributed by atoms with Crippen LogP contribution < -0.4 is 5.32 Å². The van der Waals surface area contributed by atoms with Gasteiger partial charge in [-0.15, -0.1) is 0 Å². The summed E-state index contributed by atoms with van der Waals surface area (Å²) in [5, 5.41) is 2.99. The molecule has 160 valence electrons. The summed E-state index contributed by atoms with van der Waals surface area (Å²) >= 11 is 0. The first-order chi connectivity index (χ1) is 14.2. The highest BCUT2D eigenvalue weighted by atomic mass is 19.1. The van der Waals surface area contributed by atoms with Gasteiger partial charge in [0, 0.05) is 12.3 Å². The summed E-state index contributed by atoms with van der Waals surface area (Å²) in [7, 11) is 0. The fourth-order valence-electron chi connectivity index (χ4n) is 4.24. The molecule has 0 aliphatic heterocycles. The Bertz CT molecular complexity index is 901. The van der Waals surface area contributed by atoms with Crippen molar-refractivity contribution < 1.29 is 18.7 Å². The molecule has 30 heavy (non-hydrogen) atoms. The van der Waals surface area contributed by atoms with E-state index in [9.17, 15) is 14.0 Å². The number of nitrogens with one attached hydrogen (secondary N) is 1. The van der Waals surface area contributed by atoms with E-state index in [0.29, 0.717) is 12.8 Å². The number of ketones is 1. The van der Waals surface area contributed by atoms with Gasteiger partial charge in [0.1, 0.15) is 17.2 Å². The van der Waals surface area contributed by atoms with Gasteiger partial charge in [-0.05, 0) is 68.4 Å². The molecule has 0 fully saturated rings. The quantitative estimate of drug-likeness (QED) is 0.662. The smallest absolute Gasteiger partial charge is 0.408 e. The van der Waals surface area contributed by atoms with E-state index < -0.39 is 11.7 Å². The third-order valence-electron chi connectivity index (χ3n) is 5.55. The monoisotopic (exact) mass is 411 g/mol. The average molecular weight is 412 g/mol. The molecule has 3 atom stereocenters. The summed E-state index contributed by atoms with van der Waals surface area (Å²) in [5.74, 6) is -0.528. The molecule has 3 rings (SSSR count). The Morgan fingerprint density at radius 1 is 1.13 bits per heavy atom. The maximum absolute atomic E-state index is 13.3. The normalized spacial score (nSPS) is 19.1. The van der Waals surface area contributed by atoms with E-state index in [0.717, 1.165) is 23.1 Å². The predicted octanol–water partition coefficient (Wildman–Crippen LogP) is 5.72. The summed E-state index contributed by atoms with van der Waals surface area (Å²) in [4.78, 5) is 25.6. The van der Waals surface area contributed by atoms with E-state index in [1.807, 2.05) is 52.0 Å². The molecule has 0 unspecified atom stereocenters. The van der Waals surface area contributed by atoms with Gasteiger partial charge in [0.05, 0.1) is 6.04 Å². The molecule has 0 saturated carbocycles. The highest BCUT2D eigenvalue weighted by Crippen LogP contribution is 2.39. The van der Waals surface area contributed by atoms with Crippen LogP contribution in [0.2, 0.25) is 0 Å². The molecule has 0 saturated heterocycles. The third-order valence-corrected chi connectivity index (χ3v) is 5.55. The topological polar surface area (TPSA) is 55.4 Å². The predicted molar refractivity (Wildman–Crippen MR) is 115 cm³/mol. The van der Waals surface area contributed by atoms with Crippen molar-refractivity contribution in [2.45, 2.75) is 64.5 Å². The Labute approximate surface area is 177 Å². The van der Waals surface area contributed by atoms with Crippen LogP contribution in [0.25, 0.3) is 0 Å². The highest BCUT2D eigenvalue weighted by molar-refractivity contribution is 5.86. The van der Waals surface area contributed by atoms with Gasteiger partial charge < -0.3 is 10.1 Å². The van der Waals surface area contributed by atoms with Crippen LogP contribution in [0.1, 0.15) is 69.2 Å². The minimum atomic E-state index is -0.594. The molecule has 2 aromatic rings. The van der Waals surface area contributed by atoms with Gasteiger partial charge in [0.15, 0.2) is 0 Å². The van der Waals surface area contributed by atoms with Crippen LogP contribution in [0.3, 0.4) is 0 Å². The Balaban J connectivity index is 1.78. The second-order valence-corrected chi connectivity index (χ2v) is 8.97. The molecule has 5 heteroatoms. The van der Waals surface area contributed by atoms with Crippen LogP contribution in [0.15, 0.2) is 48.5 Å². The van der Waals surface area contributed by atoms with Crippen LogP contribution in [-0.4, -0.2) is 17.5 Å². The number of carbonyl (C=O) groups excluding carboxylic acids is 2. The van der Waals surface area contributed by atoms with E-state index in [1.165, 1.54) is 12.1 Å². The van der Waals surface area contributed by atoms with Gasteiger partial charge in [-0.1, -0.05) is 43.3 Å². The van der Waals surface area contributed by atoms with Gasteiger partial charge >= 0.3 is 6.09 Å². The summed E-state index contributed by atoms with van der Waals surface area (Å²) < 4.78 is 18.7. The fraction of sp³-hybridized carbons (Fsp3) is 0.440. The van der Waals surface area contributed by atoms with E-state index >= 15 is 0 Å². The van der Waals surface area contributed by atoms with Crippen LogP contribution in [0.4, 0.5) is 9.18 Å². The van der Waals surface area contributed by atoms with Gasteiger partial charge in [-0.3, -0.25) is 4.79 Å². The number of hydrogen-bond donors (Lipinski definition) is 1. The Hall–Kier alpha value is -2.69. The lowest BCUT2D eigenvalue weighted by Crippen LogP contribution is -2.37. The maximum atomic E-state index is 13.3. The van der Waals surface area contributed by atoms with Crippen molar-refractivity contribution in [3.8, 4) is 0 Å². The SMILES string of the molecule is CC[C@H](C(=O)C[C@H]1Cc2ccccc2[C@@H]1NC(=O)OC(C)(C)C)c1ccc(F)cc1. The molecule has 0 radical (unpaired) electrons. The van der Waals surface area contributed by atoms with Crippen LogP contribution in [0, 0.1) is 11.7 Å². The summed E-state index contributed by atoms with van der Waals surface area (Å²) in [6, 6.07) is 13.8. The molecule has 0 aromatic heterocycles. The van der Waals surface area contributed by atoms with Crippen molar-refractivity contribution in [1.82, 2.24) is 5.32 Å². The van der Waals surface area contributed by atoms with Gasteiger partial charge in [0.25, 0.3) is 0 Å². The average Bonchev–Trinajstić information content (AvgIpc) is 2.99. The highest BCUT2D eigenvalue weighted by Gasteiger charge is 2.36. The van der Waals surface area contributed by atoms with Crippen LogP contribution >= 0.6 is 0 Å². The van der Waals surface area contributed by atoms with Crippen molar-refractivity contribution >= 4 is 11.9 Å². The number of rotatable bonds is 6. The molecule has 0 bridgehead atoms. The van der Waals surface area contributed by atoms with Crippen molar-refractivity contribution in [1.29, 1.82) is 0 Å². The second kappa shape index (κ2) is 8.99. The number of Topliss-reactive ketones (excluding diaryl/α,β-unsaturated/α-hetero) is 1. The Morgan fingerprint density at radius 2 is 1.80 bits per heavy atom. The summed E-state index contributed by atoms with van der Waals surface area (Å²) in [6.45, 7) is 7.44. The zero-order chi connectivity index (χ0) is 21.9. The van der Waals surface area contributed by atoms with Gasteiger partial charge in [0.2, 0.25) is 0 Å². The minimum absolute atomic E-state index is 0.0445. The van der Waals surface area contributed by atoms with E-state index in [2.05, 4.69) is 5.32 Å². The third kappa shape index (κ3) is 5.26. The van der Waals surface area contributed by atoms with E-state index in [-0.39, 0.29) is 29.5 Å². The minimum Gasteiger partial charge on any atom is -0.444 e. The lowest BCUT2D eigenvalue weighted by atomic mass is 9.85. The number of carbonyl (C=O) groups is 2. The molecular weight excluding hydrogens is 381 g/mol. The molecule has 1 N–H and O–H groups in total. The number of alkyl carbamates (subject to hydrolysis) is 1. The molecule has 1 aliphatic rings. The largest absolute Gasteiger partial charge is 0.444 e. The first kappa shape index (κ1) is 22.0. The second-order valence-electron chi connectivity index (χ2n) is 8.97. The number of hydrogen-bond acceptors (Lipinski definition) is 3. The number of benzene rings is 2. The number of fused-ring (bicyclic) bond motifs is 1. The van der Waals surface area contributed by atoms with Crippen molar-refractivity contribution in [2.75, 3.05) is 0 Å². The number of halogens is 1. The molecular formula is C25H30FNO3. The molecule has 1 amide bonds. The van der Waals surface area contributed by atoms with Crippen LogP contribution in [0.5, 0.6) is 0 Å².